The molecule has 96 valence electrons. The van der Waals surface area contributed by atoms with Crippen molar-refractivity contribution in [3.8, 4) is 0 Å². The molecule has 0 unspecified atom stereocenters. The molecule has 4 nitrogen and oxygen atoms in total. The molecule has 1 heterocycles. The lowest BCUT2D eigenvalue weighted by Crippen LogP contribution is -2.03. The van der Waals surface area contributed by atoms with Gasteiger partial charge in [0.25, 0.3) is 0 Å². The summed E-state index contributed by atoms with van der Waals surface area (Å²) in [6.45, 7) is 4.33. The van der Waals surface area contributed by atoms with Gasteiger partial charge in [-0.2, -0.15) is 0 Å². The van der Waals surface area contributed by atoms with Crippen LogP contribution in [0, 0.1) is 5.92 Å². The van der Waals surface area contributed by atoms with E-state index < -0.39 is 0 Å². The fourth-order valence-corrected chi connectivity index (χ4v) is 2.03. The second kappa shape index (κ2) is 4.80. The van der Waals surface area contributed by atoms with Crippen LogP contribution >= 0.6 is 0 Å². The van der Waals surface area contributed by atoms with Crippen molar-refractivity contribution >= 4 is 17.0 Å². The number of ether oxygens (including phenoxy) is 1. The van der Waals surface area contributed by atoms with Crippen LogP contribution in [-0.4, -0.2) is 22.6 Å². The minimum Gasteiger partial charge on any atom is -0.465 e. The molecule has 1 aromatic carbocycles. The first-order chi connectivity index (χ1) is 8.52. The number of carbonyl (C=O) groups excluding carboxylic acids is 1. The van der Waals surface area contributed by atoms with Crippen molar-refractivity contribution in [2.45, 2.75) is 20.3 Å². The molecule has 0 saturated heterocycles. The van der Waals surface area contributed by atoms with Crippen LogP contribution in [-0.2, 0) is 18.2 Å². The number of esters is 1. The smallest absolute Gasteiger partial charge is 0.337 e. The van der Waals surface area contributed by atoms with Gasteiger partial charge < -0.3 is 9.30 Å². The van der Waals surface area contributed by atoms with Gasteiger partial charge in [-0.3, -0.25) is 0 Å². The summed E-state index contributed by atoms with van der Waals surface area (Å²) in [4.78, 5) is 16.1. The molecule has 1 aromatic heterocycles. The van der Waals surface area contributed by atoms with Gasteiger partial charge in [-0.25, -0.2) is 9.78 Å². The fourth-order valence-electron chi connectivity index (χ4n) is 2.03. The number of aryl methyl sites for hydroxylation is 1. The maximum atomic E-state index is 11.5. The minimum atomic E-state index is -0.316. The highest BCUT2D eigenvalue weighted by atomic mass is 16.5. The fraction of sp³-hybridized carbons (Fsp3) is 0.429. The molecule has 0 bridgehead atoms. The number of aromatic nitrogens is 2. The van der Waals surface area contributed by atoms with Gasteiger partial charge >= 0.3 is 5.97 Å². The summed E-state index contributed by atoms with van der Waals surface area (Å²) < 4.78 is 6.77. The highest BCUT2D eigenvalue weighted by Crippen LogP contribution is 2.19. The summed E-state index contributed by atoms with van der Waals surface area (Å²) in [6.07, 6.45) is 0.929. The maximum Gasteiger partial charge on any atom is 0.337 e. The second-order valence-corrected chi connectivity index (χ2v) is 4.88. The summed E-state index contributed by atoms with van der Waals surface area (Å²) in [5.74, 6) is 1.28. The third-order valence-corrected chi connectivity index (χ3v) is 2.99. The Hall–Kier alpha value is -1.84. The third-order valence-electron chi connectivity index (χ3n) is 2.99. The van der Waals surface area contributed by atoms with Crippen molar-refractivity contribution in [1.29, 1.82) is 0 Å². The summed E-state index contributed by atoms with van der Waals surface area (Å²) in [5, 5.41) is 0. The molecule has 0 aliphatic rings. The standard InChI is InChI=1S/C14H18N2O2/c1-9(2)7-13-15-11-6-5-10(14(17)18-4)8-12(11)16(13)3/h5-6,8-9H,7H2,1-4H3. The minimum absolute atomic E-state index is 0.316. The van der Waals surface area contributed by atoms with Gasteiger partial charge in [-0.15, -0.1) is 0 Å². The molecule has 0 aliphatic heterocycles. The molecule has 0 radical (unpaired) electrons. The van der Waals surface area contributed by atoms with Crippen LogP contribution in [0.3, 0.4) is 0 Å². The number of fused-ring (bicyclic) bond motifs is 1. The number of methoxy groups -OCH3 is 1. The van der Waals surface area contributed by atoms with Crippen molar-refractivity contribution in [2.75, 3.05) is 7.11 Å². The topological polar surface area (TPSA) is 44.1 Å². The summed E-state index contributed by atoms with van der Waals surface area (Å²) in [5.41, 5.74) is 2.44. The summed E-state index contributed by atoms with van der Waals surface area (Å²) in [7, 11) is 3.37. The van der Waals surface area contributed by atoms with Gasteiger partial charge in [0.15, 0.2) is 0 Å². The van der Waals surface area contributed by atoms with E-state index in [9.17, 15) is 4.79 Å². The Bertz CT molecular complexity index is 585. The Kier molecular flexibility index (Phi) is 3.36. The van der Waals surface area contributed by atoms with Gasteiger partial charge in [0.2, 0.25) is 0 Å². The lowest BCUT2D eigenvalue weighted by Gasteiger charge is -2.05. The van der Waals surface area contributed by atoms with E-state index in [1.54, 1.807) is 6.07 Å². The van der Waals surface area contributed by atoms with E-state index in [-0.39, 0.29) is 5.97 Å². The summed E-state index contributed by atoms with van der Waals surface area (Å²) >= 11 is 0. The molecule has 18 heavy (non-hydrogen) atoms. The van der Waals surface area contributed by atoms with E-state index in [4.69, 9.17) is 4.74 Å². The first-order valence-electron chi connectivity index (χ1n) is 6.06. The molecule has 0 amide bonds. The van der Waals surface area contributed by atoms with Crippen molar-refractivity contribution in [3.63, 3.8) is 0 Å². The number of carbonyl (C=O) groups is 1. The van der Waals surface area contributed by atoms with Crippen LogP contribution in [0.1, 0.15) is 30.0 Å². The molecule has 4 heteroatoms. The van der Waals surface area contributed by atoms with Gasteiger partial charge in [0.05, 0.1) is 23.7 Å². The van der Waals surface area contributed by atoms with Crippen molar-refractivity contribution in [2.24, 2.45) is 13.0 Å². The largest absolute Gasteiger partial charge is 0.465 e. The SMILES string of the molecule is COC(=O)c1ccc2nc(CC(C)C)n(C)c2c1. The van der Waals surface area contributed by atoms with Gasteiger partial charge in [-0.05, 0) is 24.1 Å². The molecule has 2 rings (SSSR count). The first kappa shape index (κ1) is 12.6. The Morgan fingerprint density at radius 3 is 2.78 bits per heavy atom. The van der Waals surface area contributed by atoms with E-state index in [2.05, 4.69) is 18.8 Å². The Morgan fingerprint density at radius 1 is 1.44 bits per heavy atom. The predicted molar refractivity (Wildman–Crippen MR) is 70.6 cm³/mol. The Labute approximate surface area is 107 Å². The van der Waals surface area contributed by atoms with Crippen LogP contribution in [0.15, 0.2) is 18.2 Å². The lowest BCUT2D eigenvalue weighted by molar-refractivity contribution is 0.0601. The normalized spacial score (nSPS) is 11.2. The Morgan fingerprint density at radius 2 is 2.17 bits per heavy atom. The molecular formula is C14H18N2O2. The molecule has 0 saturated carbocycles. The number of benzene rings is 1. The number of rotatable bonds is 3. The van der Waals surface area contributed by atoms with Crippen LogP contribution < -0.4 is 0 Å². The molecule has 0 fully saturated rings. The monoisotopic (exact) mass is 246 g/mol. The van der Waals surface area contributed by atoms with Crippen molar-refractivity contribution in [1.82, 2.24) is 9.55 Å². The number of imidazole rings is 1. The zero-order valence-corrected chi connectivity index (χ0v) is 11.2. The molecule has 0 N–H and O–H groups in total. The zero-order chi connectivity index (χ0) is 13.3. The number of hydrogen-bond donors (Lipinski definition) is 0. The molecule has 0 spiro atoms. The highest BCUT2D eigenvalue weighted by molar-refractivity contribution is 5.93. The molecular weight excluding hydrogens is 228 g/mol. The molecule has 2 aromatic rings. The van der Waals surface area contributed by atoms with Crippen LogP contribution in [0.25, 0.3) is 11.0 Å². The van der Waals surface area contributed by atoms with E-state index in [0.717, 1.165) is 23.3 Å². The quantitative estimate of drug-likeness (QED) is 0.782. The van der Waals surface area contributed by atoms with E-state index in [0.29, 0.717) is 11.5 Å². The van der Waals surface area contributed by atoms with Crippen LogP contribution in [0.4, 0.5) is 0 Å². The van der Waals surface area contributed by atoms with Gasteiger partial charge in [0.1, 0.15) is 5.82 Å². The molecule has 0 atom stereocenters. The number of nitrogens with zero attached hydrogens (tertiary/aromatic N) is 2. The van der Waals surface area contributed by atoms with Crippen LogP contribution in [0.2, 0.25) is 0 Å². The third kappa shape index (κ3) is 2.23. The van der Waals surface area contributed by atoms with Crippen molar-refractivity contribution in [3.05, 3.63) is 29.6 Å². The van der Waals surface area contributed by atoms with E-state index in [1.807, 2.05) is 23.7 Å². The van der Waals surface area contributed by atoms with Gasteiger partial charge in [0, 0.05) is 13.5 Å². The predicted octanol–water partition coefficient (Wildman–Crippen LogP) is 2.56. The maximum absolute atomic E-state index is 11.5. The highest BCUT2D eigenvalue weighted by Gasteiger charge is 2.12. The van der Waals surface area contributed by atoms with Gasteiger partial charge in [-0.1, -0.05) is 13.8 Å². The average Bonchev–Trinajstić information content (AvgIpc) is 2.64. The van der Waals surface area contributed by atoms with Crippen LogP contribution in [0.5, 0.6) is 0 Å². The lowest BCUT2D eigenvalue weighted by atomic mass is 10.1. The first-order valence-corrected chi connectivity index (χ1v) is 6.06. The Balaban J connectivity index is 2.49. The summed E-state index contributed by atoms with van der Waals surface area (Å²) in [6, 6.07) is 5.45. The van der Waals surface area contributed by atoms with Crippen molar-refractivity contribution < 1.29 is 9.53 Å². The second-order valence-electron chi connectivity index (χ2n) is 4.88. The zero-order valence-electron chi connectivity index (χ0n) is 11.2. The van der Waals surface area contributed by atoms with E-state index in [1.165, 1.54) is 7.11 Å². The average molecular weight is 246 g/mol. The number of hydrogen-bond acceptors (Lipinski definition) is 3. The molecule has 0 aliphatic carbocycles. The van der Waals surface area contributed by atoms with E-state index >= 15 is 0 Å².